The second-order valence-corrected chi connectivity index (χ2v) is 6.33. The number of benzene rings is 2. The first-order valence-electron chi connectivity index (χ1n) is 7.83. The SMILES string of the molecule is Cc1nc(CSc2nc(-c3ccccc3)c(-c3ccccc3)o2)no1. The number of rotatable bonds is 5. The van der Waals surface area contributed by atoms with Gasteiger partial charge in [-0.3, -0.25) is 0 Å². The highest BCUT2D eigenvalue weighted by Gasteiger charge is 2.17. The summed E-state index contributed by atoms with van der Waals surface area (Å²) in [7, 11) is 0. The summed E-state index contributed by atoms with van der Waals surface area (Å²) in [6.07, 6.45) is 0. The van der Waals surface area contributed by atoms with Gasteiger partial charge < -0.3 is 8.94 Å². The fourth-order valence-corrected chi connectivity index (χ4v) is 3.13. The van der Waals surface area contributed by atoms with Gasteiger partial charge in [-0.25, -0.2) is 4.98 Å². The molecule has 0 fully saturated rings. The van der Waals surface area contributed by atoms with Crippen molar-refractivity contribution in [1.82, 2.24) is 15.1 Å². The molecule has 25 heavy (non-hydrogen) atoms. The Kier molecular flexibility index (Phi) is 4.35. The first-order chi connectivity index (χ1) is 12.3. The normalized spacial score (nSPS) is 10.9. The highest BCUT2D eigenvalue weighted by Crippen LogP contribution is 2.36. The van der Waals surface area contributed by atoms with E-state index in [1.54, 1.807) is 6.92 Å². The monoisotopic (exact) mass is 349 g/mol. The predicted molar refractivity (Wildman–Crippen MR) is 96.0 cm³/mol. The summed E-state index contributed by atoms with van der Waals surface area (Å²) < 4.78 is 11.0. The molecule has 2 aromatic heterocycles. The van der Waals surface area contributed by atoms with Crippen molar-refractivity contribution in [3.05, 3.63) is 72.4 Å². The summed E-state index contributed by atoms with van der Waals surface area (Å²) in [5.41, 5.74) is 2.85. The summed E-state index contributed by atoms with van der Waals surface area (Å²) in [6, 6.07) is 20.0. The molecule has 0 amide bonds. The molecular weight excluding hydrogens is 334 g/mol. The van der Waals surface area contributed by atoms with Gasteiger partial charge in [-0.05, 0) is 0 Å². The molecule has 4 rings (SSSR count). The van der Waals surface area contributed by atoms with Crippen molar-refractivity contribution in [2.75, 3.05) is 0 Å². The summed E-state index contributed by atoms with van der Waals surface area (Å²) in [6.45, 7) is 1.77. The summed E-state index contributed by atoms with van der Waals surface area (Å²) in [5, 5.41) is 4.48. The number of oxazole rings is 1. The maximum Gasteiger partial charge on any atom is 0.257 e. The van der Waals surface area contributed by atoms with Crippen LogP contribution in [-0.2, 0) is 5.75 Å². The third kappa shape index (κ3) is 3.49. The number of hydrogen-bond donors (Lipinski definition) is 0. The first kappa shape index (κ1) is 15.7. The molecule has 0 bridgehead atoms. The van der Waals surface area contributed by atoms with Gasteiger partial charge in [0.1, 0.15) is 5.69 Å². The molecule has 0 aliphatic heterocycles. The van der Waals surface area contributed by atoms with Crippen molar-refractivity contribution in [2.45, 2.75) is 17.9 Å². The number of thioether (sulfide) groups is 1. The Bertz CT molecular complexity index is 908. The van der Waals surface area contributed by atoms with Gasteiger partial charge in [-0.1, -0.05) is 77.6 Å². The first-order valence-corrected chi connectivity index (χ1v) is 8.82. The number of aromatic nitrogens is 3. The van der Waals surface area contributed by atoms with Crippen LogP contribution in [0.2, 0.25) is 0 Å². The van der Waals surface area contributed by atoms with E-state index >= 15 is 0 Å². The van der Waals surface area contributed by atoms with E-state index in [0.29, 0.717) is 22.7 Å². The lowest BCUT2D eigenvalue weighted by atomic mass is 10.1. The van der Waals surface area contributed by atoms with E-state index in [1.807, 2.05) is 60.7 Å². The van der Waals surface area contributed by atoms with Crippen LogP contribution >= 0.6 is 11.8 Å². The maximum atomic E-state index is 6.05. The average molecular weight is 349 g/mol. The van der Waals surface area contributed by atoms with Crippen LogP contribution in [0, 0.1) is 6.92 Å². The minimum Gasteiger partial charge on any atom is -0.431 e. The van der Waals surface area contributed by atoms with Crippen LogP contribution in [0.1, 0.15) is 11.7 Å². The van der Waals surface area contributed by atoms with Gasteiger partial charge in [0.15, 0.2) is 11.6 Å². The standard InChI is InChI=1S/C19H15N3O2S/c1-13-20-16(22-24-13)12-25-19-21-17(14-8-4-2-5-9-14)18(23-19)15-10-6-3-7-11-15/h2-11H,12H2,1H3. The van der Waals surface area contributed by atoms with Gasteiger partial charge in [0.25, 0.3) is 5.22 Å². The number of aryl methyl sites for hydroxylation is 1. The molecular formula is C19H15N3O2S. The fraction of sp³-hybridized carbons (Fsp3) is 0.105. The van der Waals surface area contributed by atoms with Crippen molar-refractivity contribution in [2.24, 2.45) is 0 Å². The average Bonchev–Trinajstić information content (AvgIpc) is 3.28. The smallest absolute Gasteiger partial charge is 0.257 e. The third-order valence-electron chi connectivity index (χ3n) is 3.59. The molecule has 2 heterocycles. The van der Waals surface area contributed by atoms with Crippen LogP contribution in [0.25, 0.3) is 22.6 Å². The maximum absolute atomic E-state index is 6.05. The van der Waals surface area contributed by atoms with Crippen LogP contribution < -0.4 is 0 Å². The summed E-state index contributed by atoms with van der Waals surface area (Å²) in [5.74, 6) is 2.49. The molecule has 0 atom stereocenters. The van der Waals surface area contributed by atoms with Crippen LogP contribution in [-0.4, -0.2) is 15.1 Å². The van der Waals surface area contributed by atoms with E-state index < -0.39 is 0 Å². The fourth-order valence-electron chi connectivity index (χ4n) is 2.47. The van der Waals surface area contributed by atoms with Crippen molar-refractivity contribution >= 4 is 11.8 Å². The van der Waals surface area contributed by atoms with Gasteiger partial charge in [0.05, 0.1) is 5.75 Å². The molecule has 0 N–H and O–H groups in total. The van der Waals surface area contributed by atoms with Gasteiger partial charge in [0.2, 0.25) is 5.89 Å². The van der Waals surface area contributed by atoms with Crippen molar-refractivity contribution in [3.63, 3.8) is 0 Å². The van der Waals surface area contributed by atoms with Gasteiger partial charge in [0, 0.05) is 18.1 Å². The van der Waals surface area contributed by atoms with Crippen LogP contribution in [0.5, 0.6) is 0 Å². The molecule has 0 radical (unpaired) electrons. The molecule has 0 aliphatic carbocycles. The van der Waals surface area contributed by atoms with Crippen LogP contribution in [0.3, 0.4) is 0 Å². The Morgan fingerprint density at radius 2 is 1.56 bits per heavy atom. The van der Waals surface area contributed by atoms with Crippen LogP contribution in [0.4, 0.5) is 0 Å². The van der Waals surface area contributed by atoms with Gasteiger partial charge >= 0.3 is 0 Å². The molecule has 6 heteroatoms. The molecule has 124 valence electrons. The molecule has 4 aromatic rings. The lowest BCUT2D eigenvalue weighted by Crippen LogP contribution is -1.84. The summed E-state index contributed by atoms with van der Waals surface area (Å²) >= 11 is 1.45. The number of hydrogen-bond acceptors (Lipinski definition) is 6. The molecule has 0 saturated carbocycles. The van der Waals surface area contributed by atoms with Crippen molar-refractivity contribution < 1.29 is 8.94 Å². The highest BCUT2D eigenvalue weighted by atomic mass is 32.2. The number of nitrogens with zero attached hydrogens (tertiary/aromatic N) is 3. The highest BCUT2D eigenvalue weighted by molar-refractivity contribution is 7.98. The molecule has 0 aliphatic rings. The Balaban J connectivity index is 1.68. The topological polar surface area (TPSA) is 65.0 Å². The quantitative estimate of drug-likeness (QED) is 0.473. The van der Waals surface area contributed by atoms with Crippen LogP contribution in [0.15, 0.2) is 74.8 Å². The van der Waals surface area contributed by atoms with Crippen molar-refractivity contribution in [3.8, 4) is 22.6 Å². The molecule has 0 spiro atoms. The largest absolute Gasteiger partial charge is 0.431 e. The predicted octanol–water partition coefficient (Wildman–Crippen LogP) is 4.99. The second-order valence-electron chi connectivity index (χ2n) is 5.41. The van der Waals surface area contributed by atoms with Gasteiger partial charge in [-0.2, -0.15) is 4.98 Å². The van der Waals surface area contributed by atoms with Gasteiger partial charge in [-0.15, -0.1) is 0 Å². The molecule has 5 nitrogen and oxygen atoms in total. The van der Waals surface area contributed by atoms with E-state index in [4.69, 9.17) is 8.94 Å². The third-order valence-corrected chi connectivity index (χ3v) is 4.41. The summed E-state index contributed by atoms with van der Waals surface area (Å²) in [4.78, 5) is 8.89. The Morgan fingerprint density at radius 3 is 2.20 bits per heavy atom. The van der Waals surface area contributed by atoms with E-state index in [-0.39, 0.29) is 0 Å². The van der Waals surface area contributed by atoms with E-state index in [1.165, 1.54) is 11.8 Å². The zero-order chi connectivity index (χ0) is 17.1. The van der Waals surface area contributed by atoms with E-state index in [9.17, 15) is 0 Å². The zero-order valence-electron chi connectivity index (χ0n) is 13.5. The lowest BCUT2D eigenvalue weighted by Gasteiger charge is -2.00. The zero-order valence-corrected chi connectivity index (χ0v) is 14.4. The Morgan fingerprint density at radius 1 is 0.880 bits per heavy atom. The molecule has 0 saturated heterocycles. The van der Waals surface area contributed by atoms with E-state index in [2.05, 4.69) is 15.1 Å². The molecule has 0 unspecified atom stereocenters. The molecule has 2 aromatic carbocycles. The lowest BCUT2D eigenvalue weighted by molar-refractivity contribution is 0.389. The minimum absolute atomic E-state index is 0.542. The Hall–Kier alpha value is -2.86. The van der Waals surface area contributed by atoms with Crippen molar-refractivity contribution in [1.29, 1.82) is 0 Å². The second kappa shape index (κ2) is 6.94. The minimum atomic E-state index is 0.542. The van der Waals surface area contributed by atoms with E-state index in [0.717, 1.165) is 22.6 Å². The Labute approximate surface area is 149 Å².